The molecule has 1 heterocycles. The van der Waals surface area contributed by atoms with E-state index in [0.29, 0.717) is 6.42 Å². The van der Waals surface area contributed by atoms with Crippen LogP contribution in [0.1, 0.15) is 5.69 Å². The molecule has 1 aromatic heterocycles. The number of nitrogens with one attached hydrogen (secondary N) is 1. The van der Waals surface area contributed by atoms with E-state index in [1.165, 1.54) is 6.33 Å². The highest BCUT2D eigenvalue weighted by atomic mass is 79.9. The van der Waals surface area contributed by atoms with Gasteiger partial charge in [-0.1, -0.05) is 15.9 Å². The van der Waals surface area contributed by atoms with Crippen LogP contribution in [0, 0.1) is 0 Å². The van der Waals surface area contributed by atoms with Gasteiger partial charge in [0.15, 0.2) is 0 Å². The molecule has 0 fully saturated rings. The van der Waals surface area contributed by atoms with Gasteiger partial charge in [0.25, 0.3) is 0 Å². The van der Waals surface area contributed by atoms with Crippen molar-refractivity contribution in [3.05, 3.63) is 18.2 Å². The van der Waals surface area contributed by atoms with Crippen LogP contribution in [-0.2, 0) is 11.2 Å². The molecule has 0 aliphatic carbocycles. The predicted octanol–water partition coefficient (Wildman–Crippen LogP) is -0.0244. The van der Waals surface area contributed by atoms with E-state index >= 15 is 0 Å². The first-order valence-electron chi connectivity index (χ1n) is 3.04. The summed E-state index contributed by atoms with van der Waals surface area (Å²) in [4.78, 5) is 16.4. The first-order valence-corrected chi connectivity index (χ1v) is 3.96. The van der Waals surface area contributed by atoms with Gasteiger partial charge < -0.3 is 15.6 Å². The highest BCUT2D eigenvalue weighted by molar-refractivity contribution is 9.10. The van der Waals surface area contributed by atoms with E-state index in [2.05, 4.69) is 25.9 Å². The number of aromatic nitrogens is 2. The lowest BCUT2D eigenvalue weighted by atomic mass is 10.2. The van der Waals surface area contributed by atoms with Crippen molar-refractivity contribution in [2.75, 3.05) is 0 Å². The van der Waals surface area contributed by atoms with Crippen LogP contribution in [-0.4, -0.2) is 31.3 Å². The van der Waals surface area contributed by atoms with Crippen molar-refractivity contribution in [2.24, 2.45) is 0 Å². The van der Waals surface area contributed by atoms with Crippen LogP contribution in [0.4, 0.5) is 0 Å². The van der Waals surface area contributed by atoms with Gasteiger partial charge in [0.1, 0.15) is 4.83 Å². The summed E-state index contributed by atoms with van der Waals surface area (Å²) in [6.45, 7) is 0. The van der Waals surface area contributed by atoms with Gasteiger partial charge in [-0.15, -0.1) is 0 Å². The molecule has 12 heavy (non-hydrogen) atoms. The number of hydrogen-bond donors (Lipinski definition) is 2. The minimum atomic E-state index is -0.861. The molecule has 0 bridgehead atoms. The Bertz CT molecular complexity index is 237. The number of rotatable bonds is 3. The summed E-state index contributed by atoms with van der Waals surface area (Å²) in [5.74, 6) is -0.861. The monoisotopic (exact) mass is 236 g/mol. The number of aliphatic carboxylic acids is 1. The molecule has 0 saturated carbocycles. The molecule has 1 atom stereocenters. The van der Waals surface area contributed by atoms with Crippen molar-refractivity contribution >= 4 is 21.9 Å². The second-order valence-electron chi connectivity index (χ2n) is 2.09. The van der Waals surface area contributed by atoms with Crippen LogP contribution >= 0.6 is 15.9 Å². The van der Waals surface area contributed by atoms with E-state index in [1.54, 1.807) is 6.20 Å². The van der Waals surface area contributed by atoms with Gasteiger partial charge >= 0.3 is 5.97 Å². The van der Waals surface area contributed by atoms with E-state index in [1.807, 2.05) is 0 Å². The van der Waals surface area contributed by atoms with Crippen molar-refractivity contribution in [1.82, 2.24) is 9.97 Å². The maximum absolute atomic E-state index is 10.3. The summed E-state index contributed by atoms with van der Waals surface area (Å²) in [7, 11) is 0. The molecule has 1 rings (SSSR count). The molecule has 1 aromatic rings. The molecule has 0 spiro atoms. The van der Waals surface area contributed by atoms with Gasteiger partial charge in [-0.05, 0) is 0 Å². The molecule has 0 aromatic carbocycles. The van der Waals surface area contributed by atoms with Gasteiger partial charge in [0.05, 0.1) is 6.33 Å². The Balaban J connectivity index is 0.00000121. The summed E-state index contributed by atoms with van der Waals surface area (Å²) in [5, 5.41) is 8.50. The van der Waals surface area contributed by atoms with Crippen LogP contribution in [0.5, 0.6) is 0 Å². The normalized spacial score (nSPS) is 11.8. The lowest BCUT2D eigenvalue weighted by Crippen LogP contribution is -2.15. The number of aromatic amines is 1. The molecule has 6 heteroatoms. The van der Waals surface area contributed by atoms with Crippen molar-refractivity contribution in [3.63, 3.8) is 0 Å². The molecule has 0 aliphatic rings. The zero-order valence-corrected chi connectivity index (χ0v) is 7.71. The highest BCUT2D eigenvalue weighted by Crippen LogP contribution is 2.06. The first kappa shape index (κ1) is 11.1. The van der Waals surface area contributed by atoms with Gasteiger partial charge in [0, 0.05) is 18.3 Å². The molecule has 1 unspecified atom stereocenters. The number of H-pyrrole nitrogens is 1. The molecule has 0 radical (unpaired) electrons. The fraction of sp³-hybridized carbons (Fsp3) is 0.333. The summed E-state index contributed by atoms with van der Waals surface area (Å²) >= 11 is 3.02. The highest BCUT2D eigenvalue weighted by Gasteiger charge is 2.13. The van der Waals surface area contributed by atoms with Crippen molar-refractivity contribution in [1.29, 1.82) is 0 Å². The SMILES string of the molecule is O.O=C(O)C(Br)Cc1cnc[nH]1. The van der Waals surface area contributed by atoms with Crippen LogP contribution < -0.4 is 0 Å². The largest absolute Gasteiger partial charge is 0.480 e. The zero-order chi connectivity index (χ0) is 8.27. The topological polar surface area (TPSA) is 97.5 Å². The summed E-state index contributed by atoms with van der Waals surface area (Å²) < 4.78 is 0. The molecule has 5 nitrogen and oxygen atoms in total. The predicted molar refractivity (Wildman–Crippen MR) is 46.3 cm³/mol. The van der Waals surface area contributed by atoms with E-state index < -0.39 is 10.8 Å². The van der Waals surface area contributed by atoms with Crippen LogP contribution in [0.15, 0.2) is 12.5 Å². The number of carboxylic acid groups (broad SMARTS) is 1. The quantitative estimate of drug-likeness (QED) is 0.722. The smallest absolute Gasteiger partial charge is 0.317 e. The van der Waals surface area contributed by atoms with E-state index in [-0.39, 0.29) is 5.48 Å². The molecule has 68 valence electrons. The average molecular weight is 237 g/mol. The fourth-order valence-corrected chi connectivity index (χ4v) is 1.03. The molecule has 0 amide bonds. The second-order valence-corrected chi connectivity index (χ2v) is 3.19. The van der Waals surface area contributed by atoms with Gasteiger partial charge in [-0.25, -0.2) is 4.98 Å². The van der Waals surface area contributed by atoms with Crippen molar-refractivity contribution in [3.8, 4) is 0 Å². The number of nitrogens with zero attached hydrogens (tertiary/aromatic N) is 1. The Kier molecular flexibility index (Phi) is 4.53. The number of halogens is 1. The lowest BCUT2D eigenvalue weighted by molar-refractivity contribution is -0.136. The minimum Gasteiger partial charge on any atom is -0.480 e. The maximum atomic E-state index is 10.3. The van der Waals surface area contributed by atoms with Gasteiger partial charge in [0.2, 0.25) is 0 Å². The van der Waals surface area contributed by atoms with Crippen LogP contribution in [0.3, 0.4) is 0 Å². The van der Waals surface area contributed by atoms with Crippen LogP contribution in [0.2, 0.25) is 0 Å². The van der Waals surface area contributed by atoms with E-state index in [4.69, 9.17) is 5.11 Å². The summed E-state index contributed by atoms with van der Waals surface area (Å²) in [6.07, 6.45) is 3.56. The average Bonchev–Trinajstić information content (AvgIpc) is 2.39. The standard InChI is InChI=1S/C6H7BrN2O2.H2O/c7-5(6(10)11)1-4-2-8-3-9-4;/h2-3,5H,1H2,(H,8,9)(H,10,11);1H2. The third kappa shape index (κ3) is 3.02. The summed E-state index contributed by atoms with van der Waals surface area (Å²) in [6, 6.07) is 0. The number of imidazole rings is 1. The molecule has 4 N–H and O–H groups in total. The second kappa shape index (κ2) is 4.89. The lowest BCUT2D eigenvalue weighted by Gasteiger charge is -1.99. The first-order chi connectivity index (χ1) is 5.20. The third-order valence-corrected chi connectivity index (χ3v) is 1.94. The zero-order valence-electron chi connectivity index (χ0n) is 6.12. The van der Waals surface area contributed by atoms with Crippen LogP contribution in [0.25, 0.3) is 0 Å². The summed E-state index contributed by atoms with van der Waals surface area (Å²) in [5.41, 5.74) is 0.814. The molecular weight excluding hydrogens is 228 g/mol. The van der Waals surface area contributed by atoms with E-state index in [0.717, 1.165) is 5.69 Å². The Morgan fingerprint density at radius 1 is 1.83 bits per heavy atom. The Hall–Kier alpha value is -0.880. The van der Waals surface area contributed by atoms with Gasteiger partial charge in [-0.2, -0.15) is 0 Å². The molecular formula is C6H9BrN2O3. The number of carbonyl (C=O) groups is 1. The number of alkyl halides is 1. The third-order valence-electron chi connectivity index (χ3n) is 1.22. The Labute approximate surface area is 77.3 Å². The van der Waals surface area contributed by atoms with Gasteiger partial charge in [-0.3, -0.25) is 4.79 Å². The number of carboxylic acids is 1. The Morgan fingerprint density at radius 3 is 2.92 bits per heavy atom. The maximum Gasteiger partial charge on any atom is 0.317 e. The molecule has 0 aliphatic heterocycles. The number of hydrogen-bond acceptors (Lipinski definition) is 2. The van der Waals surface area contributed by atoms with Crippen molar-refractivity contribution < 1.29 is 15.4 Å². The van der Waals surface area contributed by atoms with E-state index in [9.17, 15) is 4.79 Å². The minimum absolute atomic E-state index is 0. The molecule has 0 saturated heterocycles. The van der Waals surface area contributed by atoms with Crippen molar-refractivity contribution in [2.45, 2.75) is 11.2 Å². The Morgan fingerprint density at radius 2 is 2.50 bits per heavy atom. The fourth-order valence-electron chi connectivity index (χ4n) is 0.677.